The molecule has 1 amide bonds. The van der Waals surface area contributed by atoms with E-state index in [1.54, 1.807) is 16.3 Å². The molecule has 1 heterocycles. The molecule has 1 aromatic heterocycles. The molecule has 0 spiro atoms. The van der Waals surface area contributed by atoms with Crippen LogP contribution in [0.2, 0.25) is 0 Å². The van der Waals surface area contributed by atoms with Crippen molar-refractivity contribution in [3.8, 4) is 0 Å². The maximum Gasteiger partial charge on any atom is 0.357 e. The van der Waals surface area contributed by atoms with Crippen molar-refractivity contribution in [1.29, 1.82) is 0 Å². The number of aromatic nitrogens is 1. The number of nitro benzene ring substituents is 1. The van der Waals surface area contributed by atoms with Crippen molar-refractivity contribution in [2.24, 2.45) is 5.92 Å². The summed E-state index contributed by atoms with van der Waals surface area (Å²) in [7, 11) is 1.28. The van der Waals surface area contributed by atoms with Crippen LogP contribution in [0, 0.1) is 16.0 Å². The number of nitro groups is 1. The zero-order valence-electron chi connectivity index (χ0n) is 15.4. The number of thiazole rings is 1. The van der Waals surface area contributed by atoms with Crippen LogP contribution in [0.25, 0.3) is 0 Å². The van der Waals surface area contributed by atoms with Crippen LogP contribution in [-0.4, -0.2) is 40.3 Å². The third-order valence-electron chi connectivity index (χ3n) is 3.84. The van der Waals surface area contributed by atoms with Crippen molar-refractivity contribution >= 4 is 28.9 Å². The minimum atomic E-state index is -0.531. The summed E-state index contributed by atoms with van der Waals surface area (Å²) in [5, 5.41) is 13.2. The second-order valence-corrected chi connectivity index (χ2v) is 7.28. The van der Waals surface area contributed by atoms with Gasteiger partial charge in [0.1, 0.15) is 5.01 Å². The highest BCUT2D eigenvalue weighted by Crippen LogP contribution is 2.19. The summed E-state index contributed by atoms with van der Waals surface area (Å²) >= 11 is 1.26. The van der Waals surface area contributed by atoms with E-state index in [4.69, 9.17) is 0 Å². The van der Waals surface area contributed by atoms with Crippen molar-refractivity contribution in [3.63, 3.8) is 0 Å². The molecule has 0 bridgehead atoms. The minimum Gasteiger partial charge on any atom is -0.464 e. The van der Waals surface area contributed by atoms with E-state index < -0.39 is 10.9 Å². The monoisotopic (exact) mass is 391 g/mol. The molecule has 0 atom stereocenters. The van der Waals surface area contributed by atoms with Crippen LogP contribution in [0.5, 0.6) is 0 Å². The summed E-state index contributed by atoms with van der Waals surface area (Å²) in [6.07, 6.45) is 0.774. The lowest BCUT2D eigenvalue weighted by atomic mass is 10.1. The predicted molar refractivity (Wildman–Crippen MR) is 101 cm³/mol. The smallest absolute Gasteiger partial charge is 0.357 e. The number of hydrogen-bond donors (Lipinski definition) is 0. The van der Waals surface area contributed by atoms with Crippen molar-refractivity contribution < 1.29 is 19.2 Å². The van der Waals surface area contributed by atoms with E-state index in [1.807, 2.05) is 0 Å². The Morgan fingerprint density at radius 3 is 2.74 bits per heavy atom. The van der Waals surface area contributed by atoms with Crippen LogP contribution in [-0.2, 0) is 11.3 Å². The Bertz CT molecular complexity index is 834. The molecule has 0 aliphatic heterocycles. The van der Waals surface area contributed by atoms with Gasteiger partial charge in [-0.3, -0.25) is 14.9 Å². The summed E-state index contributed by atoms with van der Waals surface area (Å²) in [6.45, 7) is 4.80. The van der Waals surface area contributed by atoms with E-state index >= 15 is 0 Å². The average molecular weight is 391 g/mol. The van der Waals surface area contributed by atoms with Gasteiger partial charge in [-0.25, -0.2) is 9.78 Å². The molecular formula is C18H21N3O5S. The van der Waals surface area contributed by atoms with Gasteiger partial charge in [-0.1, -0.05) is 19.9 Å². The zero-order chi connectivity index (χ0) is 20.0. The fraction of sp³-hybridized carbons (Fsp3) is 0.389. The Morgan fingerprint density at radius 1 is 1.37 bits per heavy atom. The van der Waals surface area contributed by atoms with Gasteiger partial charge in [0.25, 0.3) is 11.6 Å². The fourth-order valence-corrected chi connectivity index (χ4v) is 3.12. The first-order valence-electron chi connectivity index (χ1n) is 8.38. The number of rotatable bonds is 8. The molecule has 0 fully saturated rings. The van der Waals surface area contributed by atoms with Crippen LogP contribution in [0.15, 0.2) is 29.6 Å². The number of hydrogen-bond acceptors (Lipinski definition) is 7. The number of ether oxygens (including phenoxy) is 1. The topological polar surface area (TPSA) is 103 Å². The molecule has 0 saturated carbocycles. The van der Waals surface area contributed by atoms with E-state index in [-0.39, 0.29) is 29.4 Å². The number of benzene rings is 1. The van der Waals surface area contributed by atoms with Crippen molar-refractivity contribution in [2.45, 2.75) is 26.8 Å². The number of carbonyl (C=O) groups excluding carboxylic acids is 2. The molecule has 1 aromatic carbocycles. The number of amides is 1. The van der Waals surface area contributed by atoms with Gasteiger partial charge in [0.05, 0.1) is 18.6 Å². The molecule has 0 unspecified atom stereocenters. The molecule has 9 heteroatoms. The quantitative estimate of drug-likeness (QED) is 0.387. The van der Waals surface area contributed by atoms with Gasteiger partial charge in [0.2, 0.25) is 0 Å². The van der Waals surface area contributed by atoms with Gasteiger partial charge in [-0.15, -0.1) is 11.3 Å². The SMILES string of the molecule is COC(=O)c1csc(CN(CCC(C)C)C(=O)c2cccc([N+](=O)[O-])c2)n1. The van der Waals surface area contributed by atoms with Crippen molar-refractivity contribution in [2.75, 3.05) is 13.7 Å². The molecule has 0 radical (unpaired) electrons. The summed E-state index contributed by atoms with van der Waals surface area (Å²) in [6, 6.07) is 5.66. The van der Waals surface area contributed by atoms with Gasteiger partial charge in [-0.05, 0) is 18.4 Å². The molecule has 144 valence electrons. The Kier molecular flexibility index (Phi) is 7.00. The maximum atomic E-state index is 12.9. The molecule has 0 saturated heterocycles. The number of nitrogens with zero attached hydrogens (tertiary/aromatic N) is 3. The Hall–Kier alpha value is -2.81. The second kappa shape index (κ2) is 9.22. The number of methoxy groups -OCH3 is 1. The minimum absolute atomic E-state index is 0.133. The second-order valence-electron chi connectivity index (χ2n) is 6.33. The fourth-order valence-electron chi connectivity index (χ4n) is 2.35. The molecule has 0 aliphatic carbocycles. The van der Waals surface area contributed by atoms with Gasteiger partial charge in [0, 0.05) is 29.6 Å². The first-order valence-corrected chi connectivity index (χ1v) is 9.26. The first kappa shape index (κ1) is 20.5. The Labute approximate surface area is 160 Å². The van der Waals surface area contributed by atoms with Gasteiger partial charge >= 0.3 is 5.97 Å². The summed E-state index contributed by atoms with van der Waals surface area (Å²) in [4.78, 5) is 40.7. The summed E-state index contributed by atoms with van der Waals surface area (Å²) < 4.78 is 4.65. The van der Waals surface area contributed by atoms with Crippen LogP contribution in [0.3, 0.4) is 0 Å². The average Bonchev–Trinajstić information content (AvgIpc) is 3.12. The van der Waals surface area contributed by atoms with E-state index in [0.29, 0.717) is 17.5 Å². The third-order valence-corrected chi connectivity index (χ3v) is 4.67. The lowest BCUT2D eigenvalue weighted by molar-refractivity contribution is -0.384. The molecule has 8 nitrogen and oxygen atoms in total. The molecule has 0 aliphatic rings. The predicted octanol–water partition coefficient (Wildman–Crippen LogP) is 3.53. The summed E-state index contributed by atoms with van der Waals surface area (Å²) in [5.41, 5.74) is 0.314. The van der Waals surface area contributed by atoms with Crippen LogP contribution in [0.4, 0.5) is 5.69 Å². The third kappa shape index (κ3) is 5.58. The normalized spacial score (nSPS) is 10.7. The van der Waals surface area contributed by atoms with E-state index in [0.717, 1.165) is 6.42 Å². The Balaban J connectivity index is 2.24. The van der Waals surface area contributed by atoms with Crippen LogP contribution >= 0.6 is 11.3 Å². The molecule has 0 N–H and O–H groups in total. The maximum absolute atomic E-state index is 12.9. The van der Waals surface area contributed by atoms with Crippen molar-refractivity contribution in [1.82, 2.24) is 9.88 Å². The van der Waals surface area contributed by atoms with Crippen LogP contribution < -0.4 is 0 Å². The summed E-state index contributed by atoms with van der Waals surface area (Å²) in [5.74, 6) is -0.460. The number of carbonyl (C=O) groups is 2. The highest BCUT2D eigenvalue weighted by molar-refractivity contribution is 7.09. The van der Waals surface area contributed by atoms with Gasteiger partial charge in [-0.2, -0.15) is 0 Å². The molecular weight excluding hydrogens is 370 g/mol. The standard InChI is InChI=1S/C18H21N3O5S/c1-12(2)7-8-20(10-16-19-15(11-27-16)18(23)26-3)17(22)13-5-4-6-14(9-13)21(24)25/h4-6,9,11-12H,7-8,10H2,1-3H3. The highest BCUT2D eigenvalue weighted by Gasteiger charge is 2.21. The largest absolute Gasteiger partial charge is 0.464 e. The highest BCUT2D eigenvalue weighted by atomic mass is 32.1. The molecule has 2 rings (SSSR count). The first-order chi connectivity index (χ1) is 12.8. The van der Waals surface area contributed by atoms with E-state index in [2.05, 4.69) is 23.6 Å². The zero-order valence-corrected chi connectivity index (χ0v) is 16.2. The molecule has 2 aromatic rings. The molecule has 27 heavy (non-hydrogen) atoms. The number of non-ortho nitro benzene ring substituents is 1. The lowest BCUT2D eigenvalue weighted by Crippen LogP contribution is -2.32. The number of esters is 1. The van der Waals surface area contributed by atoms with Crippen LogP contribution in [0.1, 0.15) is 46.1 Å². The van der Waals surface area contributed by atoms with E-state index in [9.17, 15) is 19.7 Å². The van der Waals surface area contributed by atoms with Gasteiger partial charge < -0.3 is 9.64 Å². The lowest BCUT2D eigenvalue weighted by Gasteiger charge is -2.22. The van der Waals surface area contributed by atoms with E-state index in [1.165, 1.54) is 36.6 Å². The Morgan fingerprint density at radius 2 is 2.11 bits per heavy atom. The van der Waals surface area contributed by atoms with Gasteiger partial charge in [0.15, 0.2) is 5.69 Å². The van der Waals surface area contributed by atoms with Crippen molar-refractivity contribution in [3.05, 3.63) is 56.0 Å².